The van der Waals surface area contributed by atoms with Gasteiger partial charge in [0.15, 0.2) is 0 Å². The molecular weight excluding hydrogens is 693 g/mol. The third kappa shape index (κ3) is 5.65. The minimum atomic E-state index is 0.0478. The minimum absolute atomic E-state index is 0.0478. The van der Waals surface area contributed by atoms with Crippen LogP contribution in [0, 0.1) is 0 Å². The number of hydrogen-bond donors (Lipinski definition) is 0. The van der Waals surface area contributed by atoms with Gasteiger partial charge in [-0.2, -0.15) is 0 Å². The minimum Gasteiger partial charge on any atom is -0.456 e. The van der Waals surface area contributed by atoms with Crippen molar-refractivity contribution in [3.8, 4) is 16.8 Å². The Morgan fingerprint density at radius 1 is 0.404 bits per heavy atom. The molecule has 0 spiro atoms. The Morgan fingerprint density at radius 3 is 1.75 bits per heavy atom. The molecule has 11 rings (SSSR count). The van der Waals surface area contributed by atoms with Crippen LogP contribution in [0.4, 0.5) is 17.1 Å². The molecular formula is C54H42N2O. The monoisotopic (exact) mass is 734 g/mol. The van der Waals surface area contributed by atoms with Gasteiger partial charge in [0, 0.05) is 55.8 Å². The number of para-hydroxylation sites is 3. The van der Waals surface area contributed by atoms with Gasteiger partial charge in [-0.15, -0.1) is 0 Å². The van der Waals surface area contributed by atoms with Crippen LogP contribution < -0.4 is 4.90 Å². The fourth-order valence-corrected chi connectivity index (χ4v) is 9.70. The molecule has 0 N–H and O–H groups in total. The first-order valence-electron chi connectivity index (χ1n) is 20.3. The Labute approximate surface area is 333 Å². The Bertz CT molecular complexity index is 3020. The standard InChI is InChI=1S/C54H42N2O/c1-4-14-40(15-5-1)54(34-12-3-13-35-54)41-25-29-44(30-26-41)55(45-31-32-48-47-19-9-11-21-52(47)57-53(48)37-45)43-27-22-38(23-28-43)39-24-33-51-49(36-39)46-18-8-10-20-50(46)56(51)42-16-6-2-7-17-42/h1-2,4-11,14-33,36-37H,3,12-13,34-35H2. The van der Waals surface area contributed by atoms with Crippen molar-refractivity contribution >= 4 is 60.8 Å². The van der Waals surface area contributed by atoms with Crippen LogP contribution in [-0.4, -0.2) is 4.57 Å². The third-order valence-corrected chi connectivity index (χ3v) is 12.5. The molecule has 1 fully saturated rings. The summed E-state index contributed by atoms with van der Waals surface area (Å²) >= 11 is 0. The summed E-state index contributed by atoms with van der Waals surface area (Å²) in [7, 11) is 0. The Balaban J connectivity index is 1.01. The average Bonchev–Trinajstić information content (AvgIpc) is 3.83. The highest BCUT2D eigenvalue weighted by atomic mass is 16.3. The van der Waals surface area contributed by atoms with Crippen molar-refractivity contribution in [2.45, 2.75) is 37.5 Å². The summed E-state index contributed by atoms with van der Waals surface area (Å²) in [4.78, 5) is 2.37. The summed E-state index contributed by atoms with van der Waals surface area (Å²) in [5.74, 6) is 0. The van der Waals surface area contributed by atoms with E-state index in [-0.39, 0.29) is 5.41 Å². The van der Waals surface area contributed by atoms with Gasteiger partial charge in [0.1, 0.15) is 11.2 Å². The number of furan rings is 1. The SMILES string of the molecule is c1ccc(-n2c3ccccc3c3cc(-c4ccc(N(c5ccc(C6(c7ccccc7)CCCCC6)cc5)c5ccc6c(c5)oc5ccccc56)cc4)ccc32)cc1. The molecule has 57 heavy (non-hydrogen) atoms. The van der Waals surface area contributed by atoms with Crippen LogP contribution in [0.2, 0.25) is 0 Å². The van der Waals surface area contributed by atoms with Crippen LogP contribution in [0.3, 0.4) is 0 Å². The molecule has 0 aliphatic heterocycles. The summed E-state index contributed by atoms with van der Waals surface area (Å²) < 4.78 is 8.79. The molecule has 1 aliphatic carbocycles. The fourth-order valence-electron chi connectivity index (χ4n) is 9.70. The van der Waals surface area contributed by atoms with Crippen LogP contribution in [0.5, 0.6) is 0 Å². The maximum atomic E-state index is 6.42. The van der Waals surface area contributed by atoms with Crippen LogP contribution in [0.15, 0.2) is 199 Å². The van der Waals surface area contributed by atoms with Gasteiger partial charge in [-0.25, -0.2) is 0 Å². The highest BCUT2D eigenvalue weighted by molar-refractivity contribution is 6.10. The molecule has 8 aromatic carbocycles. The lowest BCUT2D eigenvalue weighted by molar-refractivity contribution is 0.346. The van der Waals surface area contributed by atoms with Gasteiger partial charge < -0.3 is 13.9 Å². The molecule has 1 saturated carbocycles. The zero-order valence-electron chi connectivity index (χ0n) is 31.8. The van der Waals surface area contributed by atoms with Gasteiger partial charge >= 0.3 is 0 Å². The van der Waals surface area contributed by atoms with Gasteiger partial charge in [-0.1, -0.05) is 135 Å². The van der Waals surface area contributed by atoms with Crippen molar-refractivity contribution < 1.29 is 4.42 Å². The molecule has 0 radical (unpaired) electrons. The molecule has 0 atom stereocenters. The van der Waals surface area contributed by atoms with E-state index in [4.69, 9.17) is 4.42 Å². The van der Waals surface area contributed by atoms with E-state index >= 15 is 0 Å². The fraction of sp³-hybridized carbons (Fsp3) is 0.111. The molecule has 0 saturated heterocycles. The van der Waals surface area contributed by atoms with Gasteiger partial charge in [-0.3, -0.25) is 0 Å². The molecule has 2 heterocycles. The Morgan fingerprint density at radius 2 is 0.982 bits per heavy atom. The van der Waals surface area contributed by atoms with Gasteiger partial charge in [0.25, 0.3) is 0 Å². The Kier molecular flexibility index (Phi) is 8.06. The van der Waals surface area contributed by atoms with Crippen LogP contribution in [-0.2, 0) is 5.41 Å². The summed E-state index contributed by atoms with van der Waals surface area (Å²) in [6.07, 6.45) is 6.19. The largest absolute Gasteiger partial charge is 0.456 e. The highest BCUT2D eigenvalue weighted by Gasteiger charge is 2.35. The second-order valence-corrected chi connectivity index (χ2v) is 15.6. The molecule has 10 aromatic rings. The van der Waals surface area contributed by atoms with Crippen LogP contribution in [0.25, 0.3) is 60.6 Å². The van der Waals surface area contributed by atoms with Gasteiger partial charge in [0.2, 0.25) is 0 Å². The molecule has 3 nitrogen and oxygen atoms in total. The second-order valence-electron chi connectivity index (χ2n) is 15.6. The first-order valence-corrected chi connectivity index (χ1v) is 20.3. The van der Waals surface area contributed by atoms with E-state index in [1.165, 1.54) is 81.9 Å². The predicted octanol–water partition coefficient (Wildman–Crippen LogP) is 15.1. The van der Waals surface area contributed by atoms with Crippen LogP contribution >= 0.6 is 0 Å². The maximum absolute atomic E-state index is 6.42. The summed E-state index contributed by atoms with van der Waals surface area (Å²) in [5.41, 5.74) is 13.9. The van der Waals surface area contributed by atoms with E-state index < -0.39 is 0 Å². The number of hydrogen-bond acceptors (Lipinski definition) is 2. The second kappa shape index (κ2) is 13.7. The molecule has 274 valence electrons. The molecule has 0 bridgehead atoms. The van der Waals surface area contributed by atoms with E-state index in [1.807, 2.05) is 6.07 Å². The van der Waals surface area contributed by atoms with Gasteiger partial charge in [-0.05, 0) is 108 Å². The van der Waals surface area contributed by atoms with E-state index in [2.05, 4.69) is 198 Å². The number of benzene rings is 8. The van der Waals surface area contributed by atoms with Crippen molar-refractivity contribution in [3.63, 3.8) is 0 Å². The topological polar surface area (TPSA) is 21.3 Å². The molecule has 3 heteroatoms. The van der Waals surface area contributed by atoms with E-state index in [0.29, 0.717) is 0 Å². The molecule has 1 aliphatic rings. The lowest BCUT2D eigenvalue weighted by Gasteiger charge is -2.39. The van der Waals surface area contributed by atoms with E-state index in [1.54, 1.807) is 0 Å². The van der Waals surface area contributed by atoms with Crippen molar-refractivity contribution in [3.05, 3.63) is 205 Å². The smallest absolute Gasteiger partial charge is 0.137 e. The van der Waals surface area contributed by atoms with E-state index in [0.717, 1.165) is 39.0 Å². The lowest BCUT2D eigenvalue weighted by Crippen LogP contribution is -2.30. The van der Waals surface area contributed by atoms with Crippen molar-refractivity contribution in [2.24, 2.45) is 0 Å². The number of fused-ring (bicyclic) bond motifs is 6. The quantitative estimate of drug-likeness (QED) is 0.163. The summed E-state index contributed by atoms with van der Waals surface area (Å²) in [6, 6.07) is 70.8. The molecule has 0 amide bonds. The zero-order chi connectivity index (χ0) is 37.8. The summed E-state index contributed by atoms with van der Waals surface area (Å²) in [6.45, 7) is 0. The number of rotatable bonds is 7. The van der Waals surface area contributed by atoms with Crippen molar-refractivity contribution in [1.29, 1.82) is 0 Å². The number of anilines is 3. The predicted molar refractivity (Wildman–Crippen MR) is 238 cm³/mol. The molecule has 0 unspecified atom stereocenters. The van der Waals surface area contributed by atoms with Gasteiger partial charge in [0.05, 0.1) is 11.0 Å². The maximum Gasteiger partial charge on any atom is 0.137 e. The first-order chi connectivity index (χ1) is 28.2. The summed E-state index contributed by atoms with van der Waals surface area (Å²) in [5, 5.41) is 4.78. The zero-order valence-corrected chi connectivity index (χ0v) is 31.8. The average molecular weight is 735 g/mol. The Hall–Kier alpha value is -6.84. The normalized spacial score (nSPS) is 14.1. The van der Waals surface area contributed by atoms with E-state index in [9.17, 15) is 0 Å². The third-order valence-electron chi connectivity index (χ3n) is 12.5. The highest BCUT2D eigenvalue weighted by Crippen LogP contribution is 2.46. The lowest BCUT2D eigenvalue weighted by atomic mass is 9.65. The number of nitrogens with zero attached hydrogens (tertiary/aromatic N) is 2. The van der Waals surface area contributed by atoms with Crippen molar-refractivity contribution in [1.82, 2.24) is 4.57 Å². The molecule has 2 aromatic heterocycles. The first kappa shape index (κ1) is 33.5. The van der Waals surface area contributed by atoms with Crippen molar-refractivity contribution in [2.75, 3.05) is 4.90 Å². The number of aromatic nitrogens is 1. The van der Waals surface area contributed by atoms with Crippen LogP contribution in [0.1, 0.15) is 43.2 Å².